The number of para-hydroxylation sites is 1. The summed E-state index contributed by atoms with van der Waals surface area (Å²) in [4.78, 5) is 27.2. The van der Waals surface area contributed by atoms with E-state index in [-0.39, 0.29) is 36.4 Å². The number of phenolic OH excluding ortho intramolecular Hbond substituents is 1. The van der Waals surface area contributed by atoms with Crippen LogP contribution in [0.25, 0.3) is 0 Å². The van der Waals surface area contributed by atoms with Crippen LogP contribution >= 0.6 is 0 Å². The molecule has 2 unspecified atom stereocenters. The number of esters is 1. The molecule has 5 rings (SSSR count). The Labute approximate surface area is 227 Å². The van der Waals surface area contributed by atoms with Crippen molar-refractivity contribution in [1.82, 2.24) is 5.32 Å². The second kappa shape index (κ2) is 11.5. The highest BCUT2D eigenvalue weighted by molar-refractivity contribution is 6.04. The van der Waals surface area contributed by atoms with Gasteiger partial charge in [-0.05, 0) is 54.7 Å². The summed E-state index contributed by atoms with van der Waals surface area (Å²) in [6.07, 6.45) is 0.976. The number of hydrogen-bond donors (Lipinski definition) is 2. The van der Waals surface area contributed by atoms with Gasteiger partial charge in [0.05, 0.1) is 12.7 Å². The van der Waals surface area contributed by atoms with Gasteiger partial charge in [-0.25, -0.2) is 4.79 Å². The molecular formula is C32H31NO6. The van der Waals surface area contributed by atoms with Gasteiger partial charge in [0.2, 0.25) is 0 Å². The van der Waals surface area contributed by atoms with Crippen LogP contribution in [0.15, 0.2) is 101 Å². The van der Waals surface area contributed by atoms with E-state index in [1.165, 1.54) is 13.2 Å². The van der Waals surface area contributed by atoms with E-state index in [1.54, 1.807) is 12.1 Å². The Morgan fingerprint density at radius 2 is 1.67 bits per heavy atom. The van der Waals surface area contributed by atoms with E-state index in [0.717, 1.165) is 11.3 Å². The van der Waals surface area contributed by atoms with E-state index in [0.29, 0.717) is 41.0 Å². The molecule has 0 spiro atoms. The van der Waals surface area contributed by atoms with Crippen molar-refractivity contribution in [2.45, 2.75) is 31.6 Å². The third kappa shape index (κ3) is 5.53. The molecule has 200 valence electrons. The van der Waals surface area contributed by atoms with Gasteiger partial charge < -0.3 is 24.6 Å². The van der Waals surface area contributed by atoms with Crippen LogP contribution in [0, 0.1) is 0 Å². The van der Waals surface area contributed by atoms with Gasteiger partial charge in [0.25, 0.3) is 0 Å². The van der Waals surface area contributed by atoms with Crippen LogP contribution in [0.5, 0.6) is 17.2 Å². The summed E-state index contributed by atoms with van der Waals surface area (Å²) in [5.74, 6) is -0.253. The molecule has 0 amide bonds. The summed E-state index contributed by atoms with van der Waals surface area (Å²) in [7, 11) is 1.46. The zero-order valence-electron chi connectivity index (χ0n) is 22.0. The molecule has 0 aromatic heterocycles. The fourth-order valence-corrected chi connectivity index (χ4v) is 5.37. The maximum Gasteiger partial charge on any atom is 0.336 e. The zero-order chi connectivity index (χ0) is 27.4. The molecule has 1 aliphatic carbocycles. The summed E-state index contributed by atoms with van der Waals surface area (Å²) < 4.78 is 16.6. The van der Waals surface area contributed by atoms with Crippen molar-refractivity contribution < 1.29 is 28.9 Å². The van der Waals surface area contributed by atoms with Gasteiger partial charge in [-0.2, -0.15) is 0 Å². The average molecular weight is 526 g/mol. The predicted octanol–water partition coefficient (Wildman–Crippen LogP) is 5.38. The molecule has 0 bridgehead atoms. The first-order valence-electron chi connectivity index (χ1n) is 13.0. The molecule has 2 N–H and O–H groups in total. The third-order valence-corrected chi connectivity index (χ3v) is 7.18. The van der Waals surface area contributed by atoms with E-state index in [2.05, 4.69) is 5.32 Å². The van der Waals surface area contributed by atoms with Crippen LogP contribution in [0.4, 0.5) is 0 Å². The molecular weight excluding hydrogens is 494 g/mol. The van der Waals surface area contributed by atoms with Crippen molar-refractivity contribution in [3.05, 3.63) is 113 Å². The molecule has 7 heteroatoms. The quantitative estimate of drug-likeness (QED) is 0.301. The Morgan fingerprint density at radius 1 is 0.949 bits per heavy atom. The highest BCUT2D eigenvalue weighted by atomic mass is 16.6. The molecule has 3 aromatic rings. The SMILES string of the molecule is COc1cc(C2C(C(=O)OCCOc3ccccc3)=C(C)NC3=C2C(=O)CC(c2ccccc2)C3)ccc1O. The fourth-order valence-electron chi connectivity index (χ4n) is 5.37. The Kier molecular flexibility index (Phi) is 7.68. The minimum atomic E-state index is -0.664. The lowest BCUT2D eigenvalue weighted by Crippen LogP contribution is -2.36. The number of ether oxygens (including phenoxy) is 3. The van der Waals surface area contributed by atoms with Crippen molar-refractivity contribution >= 4 is 11.8 Å². The summed E-state index contributed by atoms with van der Waals surface area (Å²) in [6, 6.07) is 24.2. The van der Waals surface area contributed by atoms with Crippen molar-refractivity contribution in [2.24, 2.45) is 0 Å². The van der Waals surface area contributed by atoms with Gasteiger partial charge in [-0.1, -0.05) is 54.6 Å². The number of carbonyl (C=O) groups excluding carboxylic acids is 2. The van der Waals surface area contributed by atoms with Crippen LogP contribution in [-0.4, -0.2) is 37.2 Å². The number of methoxy groups -OCH3 is 1. The highest BCUT2D eigenvalue weighted by Gasteiger charge is 2.41. The number of Topliss-reactive ketones (excluding diaryl/α,β-unsaturated/α-hetero) is 1. The van der Waals surface area contributed by atoms with Crippen molar-refractivity contribution in [3.63, 3.8) is 0 Å². The highest BCUT2D eigenvalue weighted by Crippen LogP contribution is 2.46. The number of allylic oxidation sites excluding steroid dienone is 3. The minimum Gasteiger partial charge on any atom is -0.504 e. The van der Waals surface area contributed by atoms with Gasteiger partial charge in [0, 0.05) is 29.3 Å². The van der Waals surface area contributed by atoms with Crippen molar-refractivity contribution in [1.29, 1.82) is 0 Å². The lowest BCUT2D eigenvalue weighted by atomic mass is 9.71. The van der Waals surface area contributed by atoms with Crippen LogP contribution in [0.3, 0.4) is 0 Å². The van der Waals surface area contributed by atoms with E-state index in [4.69, 9.17) is 14.2 Å². The number of dihydropyridines is 1. The first kappa shape index (κ1) is 26.1. The number of ketones is 1. The Balaban J connectivity index is 1.45. The van der Waals surface area contributed by atoms with Gasteiger partial charge in [0.15, 0.2) is 17.3 Å². The molecule has 39 heavy (non-hydrogen) atoms. The summed E-state index contributed by atoms with van der Waals surface area (Å²) in [6.45, 7) is 2.06. The standard InChI is InChI=1S/C32H31NO6/c1-20-29(32(36)39-16-15-38-24-11-7-4-8-12-24)30(22-13-14-26(34)28(19-22)37-2)31-25(33-20)17-23(18-27(31)35)21-9-5-3-6-10-21/h3-14,19,23,30,33-34H,15-18H2,1-2H3. The lowest BCUT2D eigenvalue weighted by molar-refractivity contribution is -0.140. The number of hydrogen-bond acceptors (Lipinski definition) is 7. The maximum atomic E-state index is 13.7. The molecule has 1 aliphatic heterocycles. The summed E-state index contributed by atoms with van der Waals surface area (Å²) in [5, 5.41) is 13.6. The normalized spacial score (nSPS) is 18.8. The molecule has 2 aliphatic rings. The van der Waals surface area contributed by atoms with Gasteiger partial charge in [-0.15, -0.1) is 0 Å². The van der Waals surface area contributed by atoms with Crippen LogP contribution in [0.2, 0.25) is 0 Å². The molecule has 3 aromatic carbocycles. The van der Waals surface area contributed by atoms with Crippen LogP contribution < -0.4 is 14.8 Å². The van der Waals surface area contributed by atoms with E-state index < -0.39 is 11.9 Å². The number of phenols is 1. The number of rotatable bonds is 8. The molecule has 1 heterocycles. The monoisotopic (exact) mass is 525 g/mol. The third-order valence-electron chi connectivity index (χ3n) is 7.18. The molecule has 0 saturated carbocycles. The molecule has 2 atom stereocenters. The largest absolute Gasteiger partial charge is 0.504 e. The topological polar surface area (TPSA) is 94.1 Å². The number of benzene rings is 3. The number of carbonyl (C=O) groups is 2. The zero-order valence-corrected chi connectivity index (χ0v) is 22.0. The van der Waals surface area contributed by atoms with Gasteiger partial charge in [0.1, 0.15) is 19.0 Å². The second-order valence-electron chi connectivity index (χ2n) is 9.66. The van der Waals surface area contributed by atoms with E-state index in [1.807, 2.05) is 67.6 Å². The smallest absolute Gasteiger partial charge is 0.336 e. The summed E-state index contributed by atoms with van der Waals surface area (Å²) >= 11 is 0. The summed E-state index contributed by atoms with van der Waals surface area (Å²) in [5.41, 5.74) is 4.10. The molecule has 0 saturated heterocycles. The van der Waals surface area contributed by atoms with Crippen LogP contribution in [-0.2, 0) is 14.3 Å². The molecule has 0 radical (unpaired) electrons. The van der Waals surface area contributed by atoms with Gasteiger partial charge in [-0.3, -0.25) is 4.79 Å². The van der Waals surface area contributed by atoms with E-state index in [9.17, 15) is 14.7 Å². The van der Waals surface area contributed by atoms with E-state index >= 15 is 0 Å². The maximum absolute atomic E-state index is 13.7. The molecule has 7 nitrogen and oxygen atoms in total. The Morgan fingerprint density at radius 3 is 2.38 bits per heavy atom. The van der Waals surface area contributed by atoms with Crippen LogP contribution in [0.1, 0.15) is 42.7 Å². The second-order valence-corrected chi connectivity index (χ2v) is 9.66. The fraction of sp³-hybridized carbons (Fsp3) is 0.250. The van der Waals surface area contributed by atoms with Gasteiger partial charge >= 0.3 is 5.97 Å². The number of aromatic hydroxyl groups is 1. The van der Waals surface area contributed by atoms with Crippen molar-refractivity contribution in [2.75, 3.05) is 20.3 Å². The lowest BCUT2D eigenvalue weighted by Gasteiger charge is -2.36. The van der Waals surface area contributed by atoms with Crippen molar-refractivity contribution in [3.8, 4) is 17.2 Å². The Hall–Kier alpha value is -4.52. The Bertz CT molecular complexity index is 1430. The minimum absolute atomic E-state index is 0.0219. The predicted molar refractivity (Wildman–Crippen MR) is 147 cm³/mol. The number of nitrogens with one attached hydrogen (secondary N) is 1. The molecule has 0 fully saturated rings. The average Bonchev–Trinajstić information content (AvgIpc) is 2.95. The first-order valence-corrected chi connectivity index (χ1v) is 13.0. The first-order chi connectivity index (χ1) is 19.0.